The number of nitrogens with zero attached hydrogens (tertiary/aromatic N) is 7. The van der Waals surface area contributed by atoms with Crippen LogP contribution >= 0.6 is 11.3 Å². The molecule has 0 aromatic carbocycles. The van der Waals surface area contributed by atoms with Gasteiger partial charge in [0.1, 0.15) is 5.82 Å². The Labute approximate surface area is 155 Å². The summed E-state index contributed by atoms with van der Waals surface area (Å²) >= 11 is 1.60. The fourth-order valence-electron chi connectivity index (χ4n) is 2.98. The van der Waals surface area contributed by atoms with Crippen molar-refractivity contribution in [2.24, 2.45) is 0 Å². The summed E-state index contributed by atoms with van der Waals surface area (Å²) < 4.78 is 1.73. The Morgan fingerprint density at radius 3 is 2.73 bits per heavy atom. The highest BCUT2D eigenvalue weighted by atomic mass is 32.1. The van der Waals surface area contributed by atoms with E-state index in [0.717, 1.165) is 42.7 Å². The number of fused-ring (bicyclic) bond motifs is 1. The molecule has 136 valence electrons. The highest BCUT2D eigenvalue weighted by Crippen LogP contribution is 2.23. The van der Waals surface area contributed by atoms with E-state index in [9.17, 15) is 4.79 Å². The lowest BCUT2D eigenvalue weighted by atomic mass is 10.3. The van der Waals surface area contributed by atoms with Crippen LogP contribution in [0.4, 0.5) is 5.82 Å². The lowest BCUT2D eigenvalue weighted by Crippen LogP contribution is -2.49. The number of carbonyl (C=O) groups is 1. The van der Waals surface area contributed by atoms with Gasteiger partial charge in [-0.1, -0.05) is 6.07 Å². The molecule has 0 bridgehead atoms. The molecule has 4 heterocycles. The van der Waals surface area contributed by atoms with Crippen LogP contribution in [-0.2, 0) is 4.79 Å². The molecular weight excluding hydrogens is 350 g/mol. The summed E-state index contributed by atoms with van der Waals surface area (Å²) in [7, 11) is 3.97. The maximum atomic E-state index is 12.6. The van der Waals surface area contributed by atoms with E-state index in [1.807, 2.05) is 46.5 Å². The molecular formula is C17H21N7OS. The number of rotatable bonds is 4. The number of likely N-dealkylation sites (N-methyl/N-ethyl adjacent to an activating group) is 2. The molecule has 1 aliphatic heterocycles. The Balaban J connectivity index is 1.52. The molecule has 0 unspecified atom stereocenters. The van der Waals surface area contributed by atoms with E-state index >= 15 is 0 Å². The van der Waals surface area contributed by atoms with Crippen LogP contribution in [0.25, 0.3) is 16.3 Å². The summed E-state index contributed by atoms with van der Waals surface area (Å²) in [5.41, 5.74) is 0.691. The first-order valence-corrected chi connectivity index (χ1v) is 9.43. The molecule has 0 spiro atoms. The first-order chi connectivity index (χ1) is 12.6. The van der Waals surface area contributed by atoms with Crippen LogP contribution in [0.5, 0.6) is 0 Å². The Bertz CT molecular complexity index is 899. The van der Waals surface area contributed by atoms with Gasteiger partial charge in [-0.3, -0.25) is 4.79 Å². The average Bonchev–Trinajstić information content (AvgIpc) is 3.30. The number of thiophene rings is 1. The van der Waals surface area contributed by atoms with E-state index in [0.29, 0.717) is 12.2 Å². The first kappa shape index (κ1) is 16.9. The second kappa shape index (κ2) is 7.00. The summed E-state index contributed by atoms with van der Waals surface area (Å²) in [6.45, 7) is 3.71. The van der Waals surface area contributed by atoms with E-state index in [4.69, 9.17) is 0 Å². The zero-order valence-corrected chi connectivity index (χ0v) is 15.7. The molecule has 1 aliphatic rings. The van der Waals surface area contributed by atoms with Crippen LogP contribution in [0.3, 0.4) is 0 Å². The van der Waals surface area contributed by atoms with Crippen molar-refractivity contribution in [1.29, 1.82) is 0 Å². The minimum Gasteiger partial charge on any atom is -0.349 e. The molecule has 1 saturated heterocycles. The second-order valence-electron chi connectivity index (χ2n) is 6.50. The van der Waals surface area contributed by atoms with Gasteiger partial charge < -0.3 is 14.7 Å². The van der Waals surface area contributed by atoms with E-state index < -0.39 is 0 Å². The summed E-state index contributed by atoms with van der Waals surface area (Å²) in [5.74, 6) is 1.57. The molecule has 26 heavy (non-hydrogen) atoms. The third-order valence-electron chi connectivity index (χ3n) is 4.61. The predicted octanol–water partition coefficient (Wildman–Crippen LogP) is 1.06. The van der Waals surface area contributed by atoms with Gasteiger partial charge in [-0.25, -0.2) is 0 Å². The van der Waals surface area contributed by atoms with Crippen LogP contribution in [0.1, 0.15) is 0 Å². The van der Waals surface area contributed by atoms with Crippen LogP contribution in [0.2, 0.25) is 0 Å². The van der Waals surface area contributed by atoms with E-state index in [1.54, 1.807) is 15.9 Å². The fraction of sp³-hybridized carbons (Fsp3) is 0.412. The molecule has 0 saturated carbocycles. The van der Waals surface area contributed by atoms with Crippen molar-refractivity contribution >= 4 is 28.7 Å². The maximum Gasteiger partial charge on any atom is 0.242 e. The molecule has 3 aromatic rings. The summed E-state index contributed by atoms with van der Waals surface area (Å²) in [6.07, 6.45) is 0. The lowest BCUT2D eigenvalue weighted by Gasteiger charge is -2.33. The van der Waals surface area contributed by atoms with E-state index in [2.05, 4.69) is 27.2 Å². The van der Waals surface area contributed by atoms with Gasteiger partial charge in [0.2, 0.25) is 5.91 Å². The van der Waals surface area contributed by atoms with E-state index in [-0.39, 0.29) is 5.91 Å². The lowest BCUT2D eigenvalue weighted by molar-refractivity contribution is -0.131. The van der Waals surface area contributed by atoms with Crippen molar-refractivity contribution in [2.75, 3.05) is 51.7 Å². The van der Waals surface area contributed by atoms with Crippen molar-refractivity contribution < 1.29 is 4.79 Å². The average molecular weight is 371 g/mol. The molecule has 0 N–H and O–H groups in total. The summed E-state index contributed by atoms with van der Waals surface area (Å²) in [4.78, 5) is 19.6. The third kappa shape index (κ3) is 3.27. The van der Waals surface area contributed by atoms with Gasteiger partial charge in [-0.05, 0) is 30.6 Å². The van der Waals surface area contributed by atoms with Gasteiger partial charge in [-0.2, -0.15) is 4.52 Å². The van der Waals surface area contributed by atoms with Gasteiger partial charge in [0.25, 0.3) is 0 Å². The number of anilines is 1. The second-order valence-corrected chi connectivity index (χ2v) is 7.45. The van der Waals surface area contributed by atoms with Gasteiger partial charge in [0.15, 0.2) is 11.5 Å². The van der Waals surface area contributed by atoms with Crippen molar-refractivity contribution in [3.8, 4) is 10.7 Å². The van der Waals surface area contributed by atoms with Gasteiger partial charge in [-0.15, -0.1) is 26.6 Å². The van der Waals surface area contributed by atoms with Crippen LogP contribution in [-0.4, -0.2) is 82.3 Å². The van der Waals surface area contributed by atoms with Crippen LogP contribution in [0, 0.1) is 0 Å². The minimum absolute atomic E-state index is 0.129. The summed E-state index contributed by atoms with van der Waals surface area (Å²) in [6, 6.07) is 7.73. The highest BCUT2D eigenvalue weighted by molar-refractivity contribution is 7.13. The highest BCUT2D eigenvalue weighted by Gasteiger charge is 2.21. The molecule has 4 rings (SSSR count). The number of hydrogen-bond donors (Lipinski definition) is 0. The Hall–Kier alpha value is -2.52. The molecule has 0 atom stereocenters. The van der Waals surface area contributed by atoms with Gasteiger partial charge >= 0.3 is 0 Å². The monoisotopic (exact) mass is 371 g/mol. The van der Waals surface area contributed by atoms with E-state index in [1.165, 1.54) is 0 Å². The predicted molar refractivity (Wildman–Crippen MR) is 101 cm³/mol. The topological polar surface area (TPSA) is 69.9 Å². The SMILES string of the molecule is CN1CCN(C(=O)CN(C)c2ccc3nnc(-c4cccs4)n3n2)CC1. The number of aromatic nitrogens is 4. The van der Waals surface area contributed by atoms with Crippen molar-refractivity contribution in [1.82, 2.24) is 29.6 Å². The molecule has 0 radical (unpaired) electrons. The Morgan fingerprint density at radius 2 is 2.00 bits per heavy atom. The van der Waals surface area contributed by atoms with Crippen LogP contribution < -0.4 is 4.90 Å². The van der Waals surface area contributed by atoms with Gasteiger partial charge in [0, 0.05) is 33.2 Å². The van der Waals surface area contributed by atoms with Crippen LogP contribution in [0.15, 0.2) is 29.6 Å². The normalized spacial score (nSPS) is 15.5. The molecule has 3 aromatic heterocycles. The Morgan fingerprint density at radius 1 is 1.19 bits per heavy atom. The minimum atomic E-state index is 0.129. The number of carbonyl (C=O) groups excluding carboxylic acids is 1. The number of amides is 1. The molecule has 1 fully saturated rings. The standard InChI is InChI=1S/C17H21N7OS/c1-21-7-9-23(10-8-21)16(25)12-22(2)15-6-5-14-18-19-17(24(14)20-15)13-4-3-11-26-13/h3-6,11H,7-10,12H2,1-2H3. The molecule has 1 amide bonds. The molecule has 8 nitrogen and oxygen atoms in total. The quantitative estimate of drug-likeness (QED) is 0.683. The smallest absolute Gasteiger partial charge is 0.242 e. The third-order valence-corrected chi connectivity index (χ3v) is 5.48. The van der Waals surface area contributed by atoms with Crippen molar-refractivity contribution in [3.05, 3.63) is 29.6 Å². The zero-order chi connectivity index (χ0) is 18.1. The fourth-order valence-corrected chi connectivity index (χ4v) is 3.68. The number of hydrogen-bond acceptors (Lipinski definition) is 7. The molecule has 9 heteroatoms. The van der Waals surface area contributed by atoms with Crippen molar-refractivity contribution in [2.45, 2.75) is 0 Å². The first-order valence-electron chi connectivity index (χ1n) is 8.55. The molecule has 0 aliphatic carbocycles. The maximum absolute atomic E-state index is 12.6. The summed E-state index contributed by atoms with van der Waals surface area (Å²) in [5, 5.41) is 15.1. The Kier molecular flexibility index (Phi) is 4.56. The van der Waals surface area contributed by atoms with Gasteiger partial charge in [0.05, 0.1) is 11.4 Å². The largest absolute Gasteiger partial charge is 0.349 e. The van der Waals surface area contributed by atoms with Crippen molar-refractivity contribution in [3.63, 3.8) is 0 Å². The zero-order valence-electron chi connectivity index (χ0n) is 14.9. The number of piperazine rings is 1.